The molecule has 0 saturated heterocycles. The molecule has 0 amide bonds. The van der Waals surface area contributed by atoms with Gasteiger partial charge < -0.3 is 9.13 Å². The fraction of sp³-hybridized carbons (Fsp3) is 0.0526. The molecule has 1 aliphatic carbocycles. The third kappa shape index (κ3) is 5.20. The molecule has 2 heterocycles. The molecule has 2 nitrogen and oxygen atoms in total. The number of fused-ring (bicyclic) bond motifs is 10. The van der Waals surface area contributed by atoms with Gasteiger partial charge in [0.2, 0.25) is 0 Å². The zero-order chi connectivity index (χ0) is 39.2. The van der Waals surface area contributed by atoms with Crippen LogP contribution in [0.5, 0.6) is 0 Å². The Morgan fingerprint density at radius 3 is 1.64 bits per heavy atom. The number of aromatic nitrogens is 2. The third-order valence-electron chi connectivity index (χ3n) is 12.9. The van der Waals surface area contributed by atoms with Gasteiger partial charge in [0.05, 0.1) is 22.1 Å². The quantitative estimate of drug-likeness (QED) is 0.155. The SMILES string of the molecule is CC1(C)c2cc(/C=C/c3ccc4c(c3)c3ccccc3n4-c3ccccc3)ccc2-c2ccc(-c3ccc4c(c3)c3ccccc3n4-c3ccc4ccccc4c3)cc21. The van der Waals surface area contributed by atoms with Crippen molar-refractivity contribution in [3.63, 3.8) is 0 Å². The van der Waals surface area contributed by atoms with Gasteiger partial charge in [-0.2, -0.15) is 0 Å². The predicted octanol–water partition coefficient (Wildman–Crippen LogP) is 15.2. The van der Waals surface area contributed by atoms with E-state index in [1.54, 1.807) is 0 Å². The molecular formula is C57H40N2. The smallest absolute Gasteiger partial charge is 0.0541 e. The van der Waals surface area contributed by atoms with Crippen LogP contribution in [0.1, 0.15) is 36.1 Å². The summed E-state index contributed by atoms with van der Waals surface area (Å²) in [7, 11) is 0. The molecule has 11 aromatic rings. The molecule has 278 valence electrons. The topological polar surface area (TPSA) is 9.86 Å². The first-order chi connectivity index (χ1) is 29.0. The van der Waals surface area contributed by atoms with Gasteiger partial charge in [-0.15, -0.1) is 0 Å². The van der Waals surface area contributed by atoms with E-state index < -0.39 is 0 Å². The summed E-state index contributed by atoms with van der Waals surface area (Å²) >= 11 is 0. The van der Waals surface area contributed by atoms with E-state index in [1.165, 1.54) is 110 Å². The summed E-state index contributed by atoms with van der Waals surface area (Å²) in [5, 5.41) is 7.58. The molecule has 0 atom stereocenters. The zero-order valence-corrected chi connectivity index (χ0v) is 33.0. The normalized spacial score (nSPS) is 13.3. The van der Waals surface area contributed by atoms with E-state index >= 15 is 0 Å². The van der Waals surface area contributed by atoms with Crippen LogP contribution in [-0.2, 0) is 5.41 Å². The highest BCUT2D eigenvalue weighted by molar-refractivity contribution is 6.11. The third-order valence-corrected chi connectivity index (χ3v) is 12.9. The van der Waals surface area contributed by atoms with Gasteiger partial charge in [0, 0.05) is 38.3 Å². The standard InChI is InChI=1S/C57H40N2/c1-57(2)51-33-38(21-20-37-23-30-55-49(32-37)47-16-8-10-18-53(47)58(55)43-14-4-3-5-15-43)22-28-45(51)46-29-25-42(36-52(46)57)41-26-31-56-50(35-41)48-17-9-11-19-54(48)59(56)44-27-24-39-12-6-7-13-40(39)34-44/h3-36H,1-2H3/b21-20+. The van der Waals surface area contributed by atoms with E-state index in [2.05, 4.69) is 229 Å². The van der Waals surface area contributed by atoms with Crippen molar-refractivity contribution >= 4 is 66.5 Å². The molecule has 0 aliphatic heterocycles. The highest BCUT2D eigenvalue weighted by Crippen LogP contribution is 2.50. The average Bonchev–Trinajstić information content (AvgIpc) is 3.88. The summed E-state index contributed by atoms with van der Waals surface area (Å²) in [6, 6.07) is 71.5. The zero-order valence-electron chi connectivity index (χ0n) is 33.0. The Morgan fingerprint density at radius 1 is 0.356 bits per heavy atom. The molecule has 2 heteroatoms. The second kappa shape index (κ2) is 12.8. The summed E-state index contributed by atoms with van der Waals surface area (Å²) in [4.78, 5) is 0. The van der Waals surface area contributed by atoms with Gasteiger partial charge >= 0.3 is 0 Å². The van der Waals surface area contributed by atoms with Gasteiger partial charge in [0.25, 0.3) is 0 Å². The molecule has 0 unspecified atom stereocenters. The van der Waals surface area contributed by atoms with E-state index in [1.807, 2.05) is 0 Å². The van der Waals surface area contributed by atoms with Crippen molar-refractivity contribution in [2.75, 3.05) is 0 Å². The number of benzene rings is 9. The van der Waals surface area contributed by atoms with Crippen molar-refractivity contribution in [2.24, 2.45) is 0 Å². The Labute approximate surface area is 343 Å². The van der Waals surface area contributed by atoms with Gasteiger partial charge in [-0.1, -0.05) is 153 Å². The van der Waals surface area contributed by atoms with Crippen molar-refractivity contribution in [1.82, 2.24) is 9.13 Å². The molecule has 0 saturated carbocycles. The monoisotopic (exact) mass is 752 g/mol. The summed E-state index contributed by atoms with van der Waals surface area (Å²) in [5.74, 6) is 0. The van der Waals surface area contributed by atoms with Crippen molar-refractivity contribution < 1.29 is 0 Å². The lowest BCUT2D eigenvalue weighted by Gasteiger charge is -2.22. The summed E-state index contributed by atoms with van der Waals surface area (Å²) in [5.41, 5.74) is 17.4. The second-order valence-electron chi connectivity index (χ2n) is 16.6. The molecule has 0 N–H and O–H groups in total. The molecule has 1 aliphatic rings. The van der Waals surface area contributed by atoms with Crippen LogP contribution in [0.15, 0.2) is 194 Å². The van der Waals surface area contributed by atoms with Gasteiger partial charge in [-0.25, -0.2) is 0 Å². The summed E-state index contributed by atoms with van der Waals surface area (Å²) < 4.78 is 4.78. The van der Waals surface area contributed by atoms with Crippen LogP contribution in [0.25, 0.3) is 100 Å². The first kappa shape index (κ1) is 33.7. The van der Waals surface area contributed by atoms with Crippen LogP contribution in [0, 0.1) is 0 Å². The highest BCUT2D eigenvalue weighted by Gasteiger charge is 2.35. The van der Waals surface area contributed by atoms with Gasteiger partial charge in [-0.3, -0.25) is 0 Å². The maximum Gasteiger partial charge on any atom is 0.0541 e. The van der Waals surface area contributed by atoms with Crippen molar-refractivity contribution in [3.05, 3.63) is 216 Å². The minimum absolute atomic E-state index is 0.140. The fourth-order valence-electron chi connectivity index (χ4n) is 9.93. The van der Waals surface area contributed by atoms with E-state index in [9.17, 15) is 0 Å². The lowest BCUT2D eigenvalue weighted by atomic mass is 9.81. The van der Waals surface area contributed by atoms with Crippen molar-refractivity contribution in [3.8, 4) is 33.6 Å². The van der Waals surface area contributed by atoms with Crippen LogP contribution in [0.4, 0.5) is 0 Å². The molecule has 0 spiro atoms. The Hall–Kier alpha value is -7.42. The van der Waals surface area contributed by atoms with Crippen LogP contribution < -0.4 is 0 Å². The first-order valence-corrected chi connectivity index (χ1v) is 20.6. The van der Waals surface area contributed by atoms with Crippen LogP contribution in [-0.4, -0.2) is 9.13 Å². The fourth-order valence-corrected chi connectivity index (χ4v) is 9.93. The van der Waals surface area contributed by atoms with Crippen LogP contribution in [0.2, 0.25) is 0 Å². The lowest BCUT2D eigenvalue weighted by Crippen LogP contribution is -2.15. The summed E-state index contributed by atoms with van der Waals surface area (Å²) in [6.45, 7) is 4.76. The Morgan fingerprint density at radius 2 is 0.881 bits per heavy atom. The van der Waals surface area contributed by atoms with Crippen LogP contribution >= 0.6 is 0 Å². The number of nitrogens with zero attached hydrogens (tertiary/aromatic N) is 2. The molecule has 0 radical (unpaired) electrons. The van der Waals surface area contributed by atoms with Gasteiger partial charge in [0.15, 0.2) is 0 Å². The van der Waals surface area contributed by atoms with Crippen molar-refractivity contribution in [2.45, 2.75) is 19.3 Å². The lowest BCUT2D eigenvalue weighted by molar-refractivity contribution is 0.660. The largest absolute Gasteiger partial charge is 0.309 e. The first-order valence-electron chi connectivity index (χ1n) is 20.6. The molecule has 59 heavy (non-hydrogen) atoms. The molecule has 0 bridgehead atoms. The minimum atomic E-state index is -0.140. The predicted molar refractivity (Wildman–Crippen MR) is 251 cm³/mol. The molecule has 9 aromatic carbocycles. The number of hydrogen-bond acceptors (Lipinski definition) is 0. The molecular weight excluding hydrogens is 713 g/mol. The Bertz CT molecular complexity index is 3520. The highest BCUT2D eigenvalue weighted by atomic mass is 15.0. The number of hydrogen-bond donors (Lipinski definition) is 0. The second-order valence-corrected chi connectivity index (χ2v) is 16.6. The van der Waals surface area contributed by atoms with Crippen LogP contribution in [0.3, 0.4) is 0 Å². The average molecular weight is 753 g/mol. The number of para-hydroxylation sites is 3. The van der Waals surface area contributed by atoms with Gasteiger partial charge in [0.1, 0.15) is 0 Å². The maximum absolute atomic E-state index is 2.44. The number of rotatable bonds is 5. The van der Waals surface area contributed by atoms with E-state index in [-0.39, 0.29) is 5.41 Å². The van der Waals surface area contributed by atoms with E-state index in [4.69, 9.17) is 0 Å². The van der Waals surface area contributed by atoms with E-state index in [0.29, 0.717) is 0 Å². The van der Waals surface area contributed by atoms with Crippen molar-refractivity contribution in [1.29, 1.82) is 0 Å². The van der Waals surface area contributed by atoms with E-state index in [0.717, 1.165) is 0 Å². The molecule has 12 rings (SSSR count). The maximum atomic E-state index is 2.44. The summed E-state index contributed by atoms with van der Waals surface area (Å²) in [6.07, 6.45) is 4.53. The molecule has 2 aromatic heterocycles. The Kier molecular flexibility index (Phi) is 7.31. The molecule has 0 fully saturated rings. The van der Waals surface area contributed by atoms with Gasteiger partial charge in [-0.05, 0) is 122 Å². The minimum Gasteiger partial charge on any atom is -0.309 e. The Balaban J connectivity index is 0.882.